The first-order valence-electron chi connectivity index (χ1n) is 10.7. The topological polar surface area (TPSA) is 66.5 Å². The monoisotopic (exact) mass is 366 g/mol. The molecule has 150 valence electrons. The average Bonchev–Trinajstić information content (AvgIpc) is 3.14. The van der Waals surface area contributed by atoms with Crippen molar-refractivity contribution in [1.82, 2.24) is 10.2 Å². The van der Waals surface area contributed by atoms with Crippen LogP contribution in [0.15, 0.2) is 0 Å². The zero-order valence-corrected chi connectivity index (χ0v) is 16.6. The second kappa shape index (κ2) is 14.7. The van der Waals surface area contributed by atoms with E-state index in [-0.39, 0.29) is 24.4 Å². The van der Waals surface area contributed by atoms with Gasteiger partial charge >= 0.3 is 0 Å². The first-order chi connectivity index (χ1) is 12.7. The van der Waals surface area contributed by atoms with Crippen molar-refractivity contribution >= 4 is 18.1 Å². The maximum Gasteiger partial charge on any atom is 0.243 e. The Morgan fingerprint density at radius 2 is 1.54 bits per heavy atom. The summed E-state index contributed by atoms with van der Waals surface area (Å²) in [6, 6.07) is -0.379. The molecule has 5 heteroatoms. The van der Waals surface area contributed by atoms with Gasteiger partial charge in [-0.3, -0.25) is 9.59 Å². The molecule has 0 aromatic heterocycles. The minimum atomic E-state index is -0.379. The fourth-order valence-electron chi connectivity index (χ4n) is 3.68. The first-order valence-corrected chi connectivity index (χ1v) is 10.7. The molecular formula is C21H38N2O3. The Hall–Kier alpha value is -1.39. The van der Waals surface area contributed by atoms with Crippen molar-refractivity contribution in [2.75, 3.05) is 13.1 Å². The standard InChI is InChI=1S/C21H38N2O3/c1-2-3-4-5-6-7-8-9-10-11-12-15-20(25)23-17-13-14-19(23)21(26)22-16-18-24/h18-19H,2-17H2,1H3,(H,22,26)/t19-/m0/s1. The number of nitrogens with zero attached hydrogens (tertiary/aromatic N) is 1. The number of carbonyl (C=O) groups excluding carboxylic acids is 3. The number of carbonyl (C=O) groups is 3. The van der Waals surface area contributed by atoms with Gasteiger partial charge in [-0.05, 0) is 19.3 Å². The third-order valence-electron chi connectivity index (χ3n) is 5.23. The van der Waals surface area contributed by atoms with Gasteiger partial charge in [0, 0.05) is 13.0 Å². The van der Waals surface area contributed by atoms with Gasteiger partial charge < -0.3 is 15.0 Å². The Morgan fingerprint density at radius 3 is 2.12 bits per heavy atom. The number of aldehydes is 1. The Morgan fingerprint density at radius 1 is 0.962 bits per heavy atom. The van der Waals surface area contributed by atoms with Gasteiger partial charge in [-0.25, -0.2) is 0 Å². The van der Waals surface area contributed by atoms with Crippen LogP contribution in [0.1, 0.15) is 96.8 Å². The van der Waals surface area contributed by atoms with Crippen molar-refractivity contribution in [2.45, 2.75) is 103 Å². The van der Waals surface area contributed by atoms with E-state index in [0.29, 0.717) is 25.7 Å². The molecule has 1 atom stereocenters. The number of hydrogen-bond acceptors (Lipinski definition) is 3. The Labute approximate surface area is 159 Å². The van der Waals surface area contributed by atoms with Gasteiger partial charge in [0.2, 0.25) is 11.8 Å². The van der Waals surface area contributed by atoms with Crippen LogP contribution in [-0.4, -0.2) is 42.1 Å². The van der Waals surface area contributed by atoms with E-state index in [2.05, 4.69) is 12.2 Å². The summed E-state index contributed by atoms with van der Waals surface area (Å²) in [5.74, 6) is -0.105. The Bertz CT molecular complexity index is 412. The highest BCUT2D eigenvalue weighted by Gasteiger charge is 2.33. The van der Waals surface area contributed by atoms with Crippen molar-refractivity contribution in [1.29, 1.82) is 0 Å². The third kappa shape index (κ3) is 9.35. The molecule has 1 N–H and O–H groups in total. The lowest BCUT2D eigenvalue weighted by molar-refractivity contribution is -0.138. The molecule has 0 spiro atoms. The predicted molar refractivity (Wildman–Crippen MR) is 105 cm³/mol. The average molecular weight is 367 g/mol. The van der Waals surface area contributed by atoms with Crippen LogP contribution >= 0.6 is 0 Å². The number of hydrogen-bond donors (Lipinski definition) is 1. The fourth-order valence-corrected chi connectivity index (χ4v) is 3.68. The molecule has 1 heterocycles. The van der Waals surface area contributed by atoms with Crippen LogP contribution in [0.2, 0.25) is 0 Å². The minimum Gasteiger partial charge on any atom is -0.348 e. The molecule has 0 radical (unpaired) electrons. The van der Waals surface area contributed by atoms with E-state index in [1.54, 1.807) is 4.90 Å². The van der Waals surface area contributed by atoms with E-state index in [0.717, 1.165) is 19.3 Å². The molecule has 0 aliphatic carbocycles. The summed E-state index contributed by atoms with van der Waals surface area (Å²) in [4.78, 5) is 36.5. The van der Waals surface area contributed by atoms with Crippen molar-refractivity contribution in [3.63, 3.8) is 0 Å². The molecule has 0 saturated carbocycles. The molecule has 26 heavy (non-hydrogen) atoms. The first kappa shape index (κ1) is 22.7. The van der Waals surface area contributed by atoms with Crippen LogP contribution in [0.3, 0.4) is 0 Å². The van der Waals surface area contributed by atoms with Crippen molar-refractivity contribution in [3.8, 4) is 0 Å². The van der Waals surface area contributed by atoms with Gasteiger partial charge in [0.25, 0.3) is 0 Å². The minimum absolute atomic E-state index is 0.0238. The molecule has 2 amide bonds. The SMILES string of the molecule is CCCCCCCCCCCCCC(=O)N1CCC[C@H]1C(=O)NCC=O. The van der Waals surface area contributed by atoms with Gasteiger partial charge in [0.05, 0.1) is 6.54 Å². The summed E-state index contributed by atoms with van der Waals surface area (Å²) in [6.45, 7) is 2.93. The van der Waals surface area contributed by atoms with Crippen LogP contribution in [0, 0.1) is 0 Å². The number of nitrogens with one attached hydrogen (secondary N) is 1. The van der Waals surface area contributed by atoms with Gasteiger partial charge in [0.1, 0.15) is 12.3 Å². The summed E-state index contributed by atoms with van der Waals surface area (Å²) in [5, 5.41) is 2.57. The predicted octanol–water partition coefficient (Wildman–Crippen LogP) is 3.99. The maximum absolute atomic E-state index is 12.4. The largest absolute Gasteiger partial charge is 0.348 e. The van der Waals surface area contributed by atoms with Crippen molar-refractivity contribution < 1.29 is 14.4 Å². The quantitative estimate of drug-likeness (QED) is 0.352. The van der Waals surface area contributed by atoms with E-state index in [4.69, 9.17) is 0 Å². The van der Waals surface area contributed by atoms with Crippen molar-refractivity contribution in [2.24, 2.45) is 0 Å². The van der Waals surface area contributed by atoms with E-state index < -0.39 is 0 Å². The lowest BCUT2D eigenvalue weighted by Crippen LogP contribution is -2.46. The zero-order valence-electron chi connectivity index (χ0n) is 16.6. The second-order valence-corrected chi connectivity index (χ2v) is 7.44. The van der Waals surface area contributed by atoms with E-state index in [9.17, 15) is 14.4 Å². The normalized spacial score (nSPS) is 16.7. The highest BCUT2D eigenvalue weighted by molar-refractivity contribution is 5.89. The summed E-state index contributed by atoms with van der Waals surface area (Å²) in [7, 11) is 0. The number of rotatable bonds is 15. The molecule has 0 aromatic carbocycles. The van der Waals surface area contributed by atoms with E-state index in [1.807, 2.05) is 0 Å². The highest BCUT2D eigenvalue weighted by atomic mass is 16.2. The smallest absolute Gasteiger partial charge is 0.243 e. The van der Waals surface area contributed by atoms with Crippen molar-refractivity contribution in [3.05, 3.63) is 0 Å². The molecule has 5 nitrogen and oxygen atoms in total. The molecule has 1 aliphatic heterocycles. The molecule has 1 saturated heterocycles. The molecule has 0 bridgehead atoms. The highest BCUT2D eigenvalue weighted by Crippen LogP contribution is 2.20. The van der Waals surface area contributed by atoms with Gasteiger partial charge in [-0.1, -0.05) is 71.1 Å². The lowest BCUT2D eigenvalue weighted by atomic mass is 10.0. The summed E-state index contributed by atoms with van der Waals surface area (Å²) in [6.07, 6.45) is 16.7. The molecule has 0 unspecified atom stereocenters. The van der Waals surface area contributed by atoms with Crippen LogP contribution < -0.4 is 5.32 Å². The van der Waals surface area contributed by atoms with Crippen LogP contribution in [0.4, 0.5) is 0 Å². The molecule has 1 rings (SSSR count). The molecular weight excluding hydrogens is 328 g/mol. The third-order valence-corrected chi connectivity index (χ3v) is 5.23. The summed E-state index contributed by atoms with van der Waals surface area (Å²) in [5.41, 5.74) is 0. The van der Waals surface area contributed by atoms with E-state index >= 15 is 0 Å². The van der Waals surface area contributed by atoms with Crippen LogP contribution in [0.25, 0.3) is 0 Å². The lowest BCUT2D eigenvalue weighted by Gasteiger charge is -2.23. The van der Waals surface area contributed by atoms with E-state index in [1.165, 1.54) is 57.8 Å². The van der Waals surface area contributed by atoms with Gasteiger partial charge in [0.15, 0.2) is 0 Å². The maximum atomic E-state index is 12.4. The number of unbranched alkanes of at least 4 members (excludes halogenated alkanes) is 10. The molecule has 0 aromatic rings. The number of amides is 2. The second-order valence-electron chi connectivity index (χ2n) is 7.44. The zero-order chi connectivity index (χ0) is 19.0. The fraction of sp³-hybridized carbons (Fsp3) is 0.857. The Kier molecular flexibility index (Phi) is 12.8. The van der Waals surface area contributed by atoms with Gasteiger partial charge in [-0.15, -0.1) is 0 Å². The molecule has 1 fully saturated rings. The van der Waals surface area contributed by atoms with Crippen LogP contribution in [-0.2, 0) is 14.4 Å². The van der Waals surface area contributed by atoms with Crippen LogP contribution in [0.5, 0.6) is 0 Å². The Balaban J connectivity index is 2.05. The van der Waals surface area contributed by atoms with Gasteiger partial charge in [-0.2, -0.15) is 0 Å². The summed E-state index contributed by atoms with van der Waals surface area (Å²) >= 11 is 0. The molecule has 1 aliphatic rings. The summed E-state index contributed by atoms with van der Waals surface area (Å²) < 4.78 is 0. The number of likely N-dealkylation sites (tertiary alicyclic amines) is 1.